The Labute approximate surface area is 177 Å². The number of carbonyl (C=O) groups excluding carboxylic acids is 1. The molecule has 158 valence electrons. The maximum Gasteiger partial charge on any atom is 0.292 e. The predicted molar refractivity (Wildman–Crippen MR) is 114 cm³/mol. The van der Waals surface area contributed by atoms with Gasteiger partial charge in [-0.2, -0.15) is 4.98 Å². The summed E-state index contributed by atoms with van der Waals surface area (Å²) >= 11 is 0. The van der Waals surface area contributed by atoms with E-state index in [1.807, 2.05) is 45.8 Å². The third-order valence-electron chi connectivity index (χ3n) is 6.32. The van der Waals surface area contributed by atoms with E-state index in [0.29, 0.717) is 42.5 Å². The van der Waals surface area contributed by atoms with Gasteiger partial charge >= 0.3 is 0 Å². The maximum absolute atomic E-state index is 13.1. The Kier molecular flexibility index (Phi) is 4.02. The molecule has 0 radical (unpaired) electrons. The van der Waals surface area contributed by atoms with E-state index < -0.39 is 0 Å². The number of nitrogens with two attached hydrogens (primary N) is 1. The van der Waals surface area contributed by atoms with Crippen molar-refractivity contribution in [2.75, 3.05) is 31.9 Å². The van der Waals surface area contributed by atoms with Gasteiger partial charge in [0.25, 0.3) is 11.9 Å². The van der Waals surface area contributed by atoms with Crippen LogP contribution in [0.2, 0.25) is 0 Å². The molecule has 1 aromatic carbocycles. The standard InChI is InChI=1S/C22H22N6O3/c23-22-25-17-7-13(1-3-19(17)31-22)14-2-4-20-24-8-18(28(20)9-14)21(30)27-10-15(11-27)26-6-5-16(29)12-26/h1-4,7-9,15-16,29H,5-6,10-12H2,(H2,23,25)/t16-/m1/s1. The number of likely N-dealkylation sites (tertiary alicyclic amines) is 2. The van der Waals surface area contributed by atoms with Crippen LogP contribution >= 0.6 is 0 Å². The van der Waals surface area contributed by atoms with Gasteiger partial charge < -0.3 is 20.2 Å². The minimum absolute atomic E-state index is 0.0274. The molecule has 2 aliphatic heterocycles. The zero-order valence-electron chi connectivity index (χ0n) is 16.8. The first-order valence-electron chi connectivity index (χ1n) is 10.4. The predicted octanol–water partition coefficient (Wildman–Crippen LogP) is 1.62. The molecule has 3 N–H and O–H groups in total. The third kappa shape index (κ3) is 3.05. The average molecular weight is 418 g/mol. The smallest absolute Gasteiger partial charge is 0.292 e. The van der Waals surface area contributed by atoms with Gasteiger partial charge in [0.2, 0.25) is 0 Å². The zero-order chi connectivity index (χ0) is 21.1. The number of imidazole rings is 1. The summed E-state index contributed by atoms with van der Waals surface area (Å²) in [6.07, 6.45) is 4.13. The first-order chi connectivity index (χ1) is 15.0. The fraction of sp³-hybridized carbons (Fsp3) is 0.318. The second kappa shape index (κ2) is 6.79. The van der Waals surface area contributed by atoms with E-state index in [1.165, 1.54) is 0 Å². The van der Waals surface area contributed by atoms with Gasteiger partial charge in [-0.15, -0.1) is 0 Å². The second-order valence-electron chi connectivity index (χ2n) is 8.33. The molecular weight excluding hydrogens is 396 g/mol. The number of aliphatic hydroxyl groups is 1. The minimum Gasteiger partial charge on any atom is -0.424 e. The van der Waals surface area contributed by atoms with Crippen molar-refractivity contribution in [3.8, 4) is 11.1 Å². The molecule has 4 aromatic rings. The summed E-state index contributed by atoms with van der Waals surface area (Å²) in [5, 5.41) is 9.74. The number of β-amino-alcohol motifs (C(OH)–C–C–N with tert-alkyl or cyclic N) is 1. The summed E-state index contributed by atoms with van der Waals surface area (Å²) < 4.78 is 7.19. The Morgan fingerprint density at radius 3 is 2.81 bits per heavy atom. The molecule has 2 fully saturated rings. The highest BCUT2D eigenvalue weighted by Crippen LogP contribution is 2.27. The largest absolute Gasteiger partial charge is 0.424 e. The number of rotatable bonds is 3. The summed E-state index contributed by atoms with van der Waals surface area (Å²) in [6.45, 7) is 2.97. The third-order valence-corrected chi connectivity index (χ3v) is 6.32. The van der Waals surface area contributed by atoms with Gasteiger partial charge in [0.15, 0.2) is 5.58 Å². The summed E-state index contributed by atoms with van der Waals surface area (Å²) in [7, 11) is 0. The fourth-order valence-electron chi connectivity index (χ4n) is 4.55. The Morgan fingerprint density at radius 2 is 2.00 bits per heavy atom. The number of aliphatic hydroxyl groups excluding tert-OH is 1. The van der Waals surface area contributed by atoms with Crippen LogP contribution in [-0.4, -0.2) is 73.5 Å². The fourth-order valence-corrected chi connectivity index (χ4v) is 4.55. The number of oxazole rings is 1. The highest BCUT2D eigenvalue weighted by molar-refractivity contribution is 5.94. The van der Waals surface area contributed by atoms with E-state index in [-0.39, 0.29) is 18.0 Å². The van der Waals surface area contributed by atoms with Crippen molar-refractivity contribution in [2.45, 2.75) is 18.6 Å². The van der Waals surface area contributed by atoms with E-state index in [1.54, 1.807) is 6.20 Å². The van der Waals surface area contributed by atoms with Crippen LogP contribution in [0.15, 0.2) is 47.1 Å². The number of pyridine rings is 1. The van der Waals surface area contributed by atoms with Crippen molar-refractivity contribution >= 4 is 28.7 Å². The number of aromatic nitrogens is 3. The quantitative estimate of drug-likeness (QED) is 0.520. The highest BCUT2D eigenvalue weighted by Gasteiger charge is 2.38. The lowest BCUT2D eigenvalue weighted by molar-refractivity contribution is 0.0293. The van der Waals surface area contributed by atoms with Crippen molar-refractivity contribution in [2.24, 2.45) is 0 Å². The lowest BCUT2D eigenvalue weighted by atomic mass is 10.1. The number of nitrogen functional groups attached to an aromatic ring is 1. The van der Waals surface area contributed by atoms with Crippen LogP contribution in [0.5, 0.6) is 0 Å². The van der Waals surface area contributed by atoms with Gasteiger partial charge in [0, 0.05) is 38.4 Å². The molecule has 1 amide bonds. The molecule has 0 aliphatic carbocycles. The number of fused-ring (bicyclic) bond motifs is 2. The van der Waals surface area contributed by atoms with Crippen LogP contribution in [0.25, 0.3) is 27.9 Å². The zero-order valence-corrected chi connectivity index (χ0v) is 16.8. The first-order valence-corrected chi connectivity index (χ1v) is 10.4. The van der Waals surface area contributed by atoms with Crippen LogP contribution in [-0.2, 0) is 0 Å². The monoisotopic (exact) mass is 418 g/mol. The van der Waals surface area contributed by atoms with Gasteiger partial charge in [0.05, 0.1) is 12.3 Å². The lowest BCUT2D eigenvalue weighted by Gasteiger charge is -2.43. The van der Waals surface area contributed by atoms with Gasteiger partial charge in [-0.1, -0.05) is 6.07 Å². The lowest BCUT2D eigenvalue weighted by Crippen LogP contribution is -2.60. The number of amides is 1. The normalized spacial score (nSPS) is 20.0. The number of hydrogen-bond donors (Lipinski definition) is 2. The van der Waals surface area contributed by atoms with Crippen LogP contribution in [0.3, 0.4) is 0 Å². The van der Waals surface area contributed by atoms with Crippen molar-refractivity contribution < 1.29 is 14.3 Å². The van der Waals surface area contributed by atoms with Crippen LogP contribution in [0.4, 0.5) is 6.01 Å². The molecule has 9 nitrogen and oxygen atoms in total. The summed E-state index contributed by atoms with van der Waals surface area (Å²) in [5.74, 6) is -0.0274. The molecule has 31 heavy (non-hydrogen) atoms. The van der Waals surface area contributed by atoms with Gasteiger partial charge in [0.1, 0.15) is 16.9 Å². The number of carbonyl (C=O) groups is 1. The number of anilines is 1. The van der Waals surface area contributed by atoms with Gasteiger partial charge in [-0.3, -0.25) is 14.1 Å². The van der Waals surface area contributed by atoms with Crippen LogP contribution in [0.1, 0.15) is 16.9 Å². The van der Waals surface area contributed by atoms with E-state index in [0.717, 1.165) is 29.7 Å². The Morgan fingerprint density at radius 1 is 1.16 bits per heavy atom. The first kappa shape index (κ1) is 18.3. The highest BCUT2D eigenvalue weighted by atomic mass is 16.4. The number of nitrogens with zero attached hydrogens (tertiary/aromatic N) is 5. The maximum atomic E-state index is 13.1. The van der Waals surface area contributed by atoms with Gasteiger partial charge in [-0.25, -0.2) is 4.98 Å². The van der Waals surface area contributed by atoms with Crippen molar-refractivity contribution in [3.05, 3.63) is 48.4 Å². The second-order valence-corrected chi connectivity index (χ2v) is 8.33. The summed E-state index contributed by atoms with van der Waals surface area (Å²) in [5.41, 5.74) is 10.1. The molecule has 0 bridgehead atoms. The average Bonchev–Trinajstić information content (AvgIpc) is 3.42. The molecular formula is C22H22N6O3. The Bertz CT molecular complexity index is 1310. The summed E-state index contributed by atoms with van der Waals surface area (Å²) in [6, 6.07) is 10.0. The molecule has 0 unspecified atom stereocenters. The van der Waals surface area contributed by atoms with E-state index in [2.05, 4.69) is 14.9 Å². The Hall–Kier alpha value is -3.43. The van der Waals surface area contributed by atoms with Gasteiger partial charge in [-0.05, 0) is 41.8 Å². The molecule has 0 spiro atoms. The molecule has 2 saturated heterocycles. The van der Waals surface area contributed by atoms with Crippen molar-refractivity contribution in [1.29, 1.82) is 0 Å². The minimum atomic E-state index is -0.241. The summed E-state index contributed by atoms with van der Waals surface area (Å²) in [4.78, 5) is 25.8. The SMILES string of the molecule is Nc1nc2cc(-c3ccc4ncc(C(=O)N5CC(N6CC[C@@H](O)C6)C5)n4c3)ccc2o1. The van der Waals surface area contributed by atoms with E-state index in [9.17, 15) is 9.90 Å². The molecule has 3 aromatic heterocycles. The topological polar surface area (TPSA) is 113 Å². The van der Waals surface area contributed by atoms with Crippen LogP contribution in [0, 0.1) is 0 Å². The van der Waals surface area contributed by atoms with Crippen LogP contribution < -0.4 is 5.73 Å². The number of hydrogen-bond acceptors (Lipinski definition) is 7. The molecule has 9 heteroatoms. The molecule has 6 rings (SSSR count). The van der Waals surface area contributed by atoms with E-state index >= 15 is 0 Å². The van der Waals surface area contributed by atoms with Crippen molar-refractivity contribution in [1.82, 2.24) is 24.2 Å². The Balaban J connectivity index is 1.26. The molecule has 2 aliphatic rings. The molecule has 5 heterocycles. The molecule has 1 atom stereocenters. The molecule has 0 saturated carbocycles. The van der Waals surface area contributed by atoms with Crippen molar-refractivity contribution in [3.63, 3.8) is 0 Å². The van der Waals surface area contributed by atoms with E-state index in [4.69, 9.17) is 10.2 Å². The number of benzene rings is 1.